The number of sulfonamides is 1. The van der Waals surface area contributed by atoms with Crippen LogP contribution in [0.2, 0.25) is 0 Å². The van der Waals surface area contributed by atoms with Crippen molar-refractivity contribution in [2.45, 2.75) is 30.5 Å². The standard InChI is InChI=1S/C12H20N2O3S2/c1-14(2)19(15,16)12-4-3-11(17-12)9-13-10-5-7-18-8-6-10/h3-4,10,13H,5-9H2,1-2H3. The van der Waals surface area contributed by atoms with Crippen LogP contribution < -0.4 is 5.32 Å². The second-order valence-corrected chi connectivity index (χ2v) is 8.08. The van der Waals surface area contributed by atoms with Gasteiger partial charge in [0.15, 0.2) is 0 Å². The number of nitrogens with one attached hydrogen (secondary N) is 1. The summed E-state index contributed by atoms with van der Waals surface area (Å²) in [5.41, 5.74) is 0. The molecule has 0 spiro atoms. The quantitative estimate of drug-likeness (QED) is 0.893. The maximum atomic E-state index is 11.9. The summed E-state index contributed by atoms with van der Waals surface area (Å²) in [6, 6.07) is 3.75. The molecule has 1 aliphatic heterocycles. The van der Waals surface area contributed by atoms with Crippen LogP contribution in [0, 0.1) is 0 Å². The van der Waals surface area contributed by atoms with Crippen LogP contribution in [0.25, 0.3) is 0 Å². The van der Waals surface area contributed by atoms with Crippen molar-refractivity contribution in [2.24, 2.45) is 0 Å². The highest BCUT2D eigenvalue weighted by Crippen LogP contribution is 2.19. The van der Waals surface area contributed by atoms with Crippen molar-refractivity contribution >= 4 is 21.8 Å². The van der Waals surface area contributed by atoms with Crippen LogP contribution in [-0.4, -0.2) is 44.4 Å². The molecule has 7 heteroatoms. The third kappa shape index (κ3) is 3.75. The summed E-state index contributed by atoms with van der Waals surface area (Å²) in [5, 5.41) is 3.42. The Hall–Kier alpha value is -0.500. The molecule has 5 nitrogen and oxygen atoms in total. The highest BCUT2D eigenvalue weighted by Gasteiger charge is 2.21. The first-order chi connectivity index (χ1) is 9.00. The first-order valence-corrected chi connectivity index (χ1v) is 8.92. The first kappa shape index (κ1) is 14.9. The van der Waals surface area contributed by atoms with E-state index in [2.05, 4.69) is 5.32 Å². The van der Waals surface area contributed by atoms with Gasteiger partial charge in [-0.05, 0) is 36.5 Å². The van der Waals surface area contributed by atoms with Crippen LogP contribution in [0.1, 0.15) is 18.6 Å². The van der Waals surface area contributed by atoms with E-state index in [0.717, 1.165) is 17.1 Å². The second kappa shape index (κ2) is 6.30. The number of rotatable bonds is 5. The van der Waals surface area contributed by atoms with Gasteiger partial charge >= 0.3 is 0 Å². The van der Waals surface area contributed by atoms with Gasteiger partial charge < -0.3 is 9.73 Å². The molecular formula is C12H20N2O3S2. The molecule has 0 unspecified atom stereocenters. The van der Waals surface area contributed by atoms with E-state index in [1.807, 2.05) is 11.8 Å². The van der Waals surface area contributed by atoms with Crippen molar-refractivity contribution in [3.8, 4) is 0 Å². The molecule has 19 heavy (non-hydrogen) atoms. The van der Waals surface area contributed by atoms with Crippen LogP contribution in [0.5, 0.6) is 0 Å². The lowest BCUT2D eigenvalue weighted by atomic mass is 10.1. The minimum atomic E-state index is -3.46. The van der Waals surface area contributed by atoms with Crippen LogP contribution in [0.3, 0.4) is 0 Å². The lowest BCUT2D eigenvalue weighted by Gasteiger charge is -2.21. The third-order valence-corrected chi connectivity index (χ3v) is 5.90. The SMILES string of the molecule is CN(C)S(=O)(=O)c1ccc(CNC2CCSCC2)o1. The Balaban J connectivity index is 1.94. The Labute approximate surface area is 118 Å². The van der Waals surface area contributed by atoms with Crippen molar-refractivity contribution in [1.82, 2.24) is 9.62 Å². The van der Waals surface area contributed by atoms with E-state index in [0.29, 0.717) is 18.3 Å². The zero-order valence-electron chi connectivity index (χ0n) is 11.3. The highest BCUT2D eigenvalue weighted by atomic mass is 32.2. The molecule has 1 aromatic heterocycles. The Kier molecular flexibility index (Phi) is 4.94. The lowest BCUT2D eigenvalue weighted by Crippen LogP contribution is -2.31. The minimum Gasteiger partial charge on any atom is -0.447 e. The molecule has 1 aromatic rings. The fraction of sp³-hybridized carbons (Fsp3) is 0.667. The topological polar surface area (TPSA) is 62.6 Å². The normalized spacial score (nSPS) is 18.1. The Morgan fingerprint density at radius 1 is 1.37 bits per heavy atom. The van der Waals surface area contributed by atoms with E-state index in [4.69, 9.17) is 4.42 Å². The van der Waals surface area contributed by atoms with E-state index in [1.165, 1.54) is 31.7 Å². The first-order valence-electron chi connectivity index (χ1n) is 6.32. The number of hydrogen-bond acceptors (Lipinski definition) is 5. The third-order valence-electron chi connectivity index (χ3n) is 3.16. The Morgan fingerprint density at radius 2 is 2.05 bits per heavy atom. The van der Waals surface area contributed by atoms with Gasteiger partial charge in [0, 0.05) is 20.1 Å². The minimum absolute atomic E-state index is 0.00787. The Morgan fingerprint density at radius 3 is 2.68 bits per heavy atom. The van der Waals surface area contributed by atoms with Crippen LogP contribution >= 0.6 is 11.8 Å². The number of furan rings is 1. The van der Waals surface area contributed by atoms with E-state index in [1.54, 1.807) is 6.07 Å². The van der Waals surface area contributed by atoms with Crippen molar-refractivity contribution in [1.29, 1.82) is 0 Å². The van der Waals surface area contributed by atoms with E-state index in [9.17, 15) is 8.42 Å². The zero-order valence-corrected chi connectivity index (χ0v) is 12.9. The smallest absolute Gasteiger partial charge is 0.275 e. The van der Waals surface area contributed by atoms with Gasteiger partial charge in [-0.3, -0.25) is 0 Å². The summed E-state index contributed by atoms with van der Waals surface area (Å²) >= 11 is 1.98. The van der Waals surface area contributed by atoms with Crippen molar-refractivity contribution < 1.29 is 12.8 Å². The summed E-state index contributed by atoms with van der Waals surface area (Å²) < 4.78 is 30.3. The molecule has 1 fully saturated rings. The molecule has 1 saturated heterocycles. The molecule has 0 radical (unpaired) electrons. The molecule has 2 rings (SSSR count). The monoisotopic (exact) mass is 304 g/mol. The Bertz CT molecular complexity index is 505. The van der Waals surface area contributed by atoms with Gasteiger partial charge in [-0.15, -0.1) is 0 Å². The molecule has 0 aromatic carbocycles. The number of thioether (sulfide) groups is 1. The van der Waals surface area contributed by atoms with E-state index in [-0.39, 0.29) is 5.09 Å². The van der Waals surface area contributed by atoms with Crippen molar-refractivity contribution in [2.75, 3.05) is 25.6 Å². The van der Waals surface area contributed by atoms with E-state index >= 15 is 0 Å². The maximum Gasteiger partial charge on any atom is 0.275 e. The van der Waals surface area contributed by atoms with Gasteiger partial charge in [0.2, 0.25) is 5.09 Å². The maximum absolute atomic E-state index is 11.9. The molecule has 0 saturated carbocycles. The van der Waals surface area contributed by atoms with Gasteiger partial charge in [0.25, 0.3) is 10.0 Å². The summed E-state index contributed by atoms with van der Waals surface area (Å²) in [7, 11) is -0.473. The van der Waals surface area contributed by atoms with Crippen LogP contribution in [-0.2, 0) is 16.6 Å². The van der Waals surface area contributed by atoms with Crippen molar-refractivity contribution in [3.05, 3.63) is 17.9 Å². The highest BCUT2D eigenvalue weighted by molar-refractivity contribution is 7.99. The van der Waals surface area contributed by atoms with E-state index < -0.39 is 10.0 Å². The summed E-state index contributed by atoms with van der Waals surface area (Å²) in [4.78, 5) is 0. The predicted octanol–water partition coefficient (Wildman–Crippen LogP) is 1.52. The molecule has 0 atom stereocenters. The van der Waals surface area contributed by atoms with Gasteiger partial charge in [0.1, 0.15) is 5.76 Å². The van der Waals surface area contributed by atoms with Gasteiger partial charge in [-0.1, -0.05) is 0 Å². The van der Waals surface area contributed by atoms with Gasteiger partial charge in [0.05, 0.1) is 6.54 Å². The summed E-state index contributed by atoms with van der Waals surface area (Å²) in [6.07, 6.45) is 2.32. The predicted molar refractivity (Wildman–Crippen MR) is 76.8 cm³/mol. The van der Waals surface area contributed by atoms with Crippen LogP contribution in [0.4, 0.5) is 0 Å². The number of nitrogens with zero attached hydrogens (tertiary/aromatic N) is 1. The van der Waals surface area contributed by atoms with Crippen LogP contribution in [0.15, 0.2) is 21.6 Å². The largest absolute Gasteiger partial charge is 0.447 e. The lowest BCUT2D eigenvalue weighted by molar-refractivity contribution is 0.373. The summed E-state index contributed by atoms with van der Waals surface area (Å²) in [5.74, 6) is 3.05. The van der Waals surface area contributed by atoms with Crippen molar-refractivity contribution in [3.63, 3.8) is 0 Å². The van der Waals surface area contributed by atoms with Gasteiger partial charge in [-0.2, -0.15) is 11.8 Å². The number of hydrogen-bond donors (Lipinski definition) is 1. The molecular weight excluding hydrogens is 284 g/mol. The molecule has 1 aliphatic rings. The zero-order chi connectivity index (χ0) is 13.9. The fourth-order valence-corrected chi connectivity index (χ4v) is 3.84. The second-order valence-electron chi connectivity index (χ2n) is 4.78. The summed E-state index contributed by atoms with van der Waals surface area (Å²) in [6.45, 7) is 0.582. The molecule has 1 N–H and O–H groups in total. The average Bonchev–Trinajstić information content (AvgIpc) is 2.87. The van der Waals surface area contributed by atoms with Gasteiger partial charge in [-0.25, -0.2) is 12.7 Å². The molecule has 2 heterocycles. The molecule has 108 valence electrons. The molecule has 0 bridgehead atoms. The average molecular weight is 304 g/mol. The molecule has 0 amide bonds. The molecule has 0 aliphatic carbocycles. The fourth-order valence-electron chi connectivity index (χ4n) is 1.92.